The molecular weight excluding hydrogens is 140 g/mol. The third-order valence-electron chi connectivity index (χ3n) is 1.60. The Labute approximate surface area is 68.1 Å². The molecule has 0 aliphatic heterocycles. The molecule has 64 valence electrons. The highest BCUT2D eigenvalue weighted by molar-refractivity contribution is 5.75. The highest BCUT2D eigenvalue weighted by atomic mass is 16.1. The summed E-state index contributed by atoms with van der Waals surface area (Å²) in [5.74, 6) is 0.260. The van der Waals surface area contributed by atoms with Gasteiger partial charge in [-0.3, -0.25) is 9.79 Å². The number of aliphatic imine (C=N–C) groups is 1. The number of hydrogen-bond donors (Lipinski definition) is 1. The fourth-order valence-corrected chi connectivity index (χ4v) is 0.784. The third kappa shape index (κ3) is 7.19. The Balaban J connectivity index is 3.28. The van der Waals surface area contributed by atoms with Crippen LogP contribution in [-0.2, 0) is 4.79 Å². The normalized spacial score (nSPS) is 12.5. The van der Waals surface area contributed by atoms with Crippen molar-refractivity contribution < 1.29 is 9.69 Å². The molecule has 0 bridgehead atoms. The molecule has 0 aromatic rings. The van der Waals surface area contributed by atoms with Crippen LogP contribution in [0.25, 0.3) is 0 Å². The van der Waals surface area contributed by atoms with Gasteiger partial charge in [0.05, 0.1) is 33.1 Å². The van der Waals surface area contributed by atoms with E-state index < -0.39 is 0 Å². The summed E-state index contributed by atoms with van der Waals surface area (Å²) in [7, 11) is 2.06. The van der Waals surface area contributed by atoms with E-state index in [-0.39, 0.29) is 5.78 Å². The lowest BCUT2D eigenvalue weighted by Gasteiger charge is -2.10. The van der Waals surface area contributed by atoms with Crippen molar-refractivity contribution in [3.63, 3.8) is 0 Å². The number of likely N-dealkylation sites (N-methyl/N-ethyl adjacent to an activating group) is 1. The molecule has 0 heterocycles. The predicted octanol–water partition coefficient (Wildman–Crippen LogP) is -0.819. The van der Waals surface area contributed by atoms with Crippen LogP contribution in [-0.4, -0.2) is 39.2 Å². The van der Waals surface area contributed by atoms with Crippen molar-refractivity contribution in [3.05, 3.63) is 0 Å². The summed E-state index contributed by atoms with van der Waals surface area (Å²) >= 11 is 0. The first kappa shape index (κ1) is 10.3. The van der Waals surface area contributed by atoms with Gasteiger partial charge in [-0.2, -0.15) is 0 Å². The first-order chi connectivity index (χ1) is 5.16. The summed E-state index contributed by atoms with van der Waals surface area (Å²) in [5.41, 5.74) is 0. The number of nitrogens with zero attached hydrogens (tertiary/aromatic N) is 1. The molecule has 1 atom stereocenters. The quantitative estimate of drug-likeness (QED) is 0.502. The van der Waals surface area contributed by atoms with Gasteiger partial charge in [0.2, 0.25) is 0 Å². The number of carbonyl (C=O) groups excluding carboxylic acids is 1. The van der Waals surface area contributed by atoms with Crippen LogP contribution in [0.3, 0.4) is 0 Å². The molecule has 0 saturated carbocycles. The van der Waals surface area contributed by atoms with E-state index in [0.29, 0.717) is 6.42 Å². The predicted molar refractivity (Wildman–Crippen MR) is 46.3 cm³/mol. The first-order valence-corrected chi connectivity index (χ1v) is 3.90. The highest BCUT2D eigenvalue weighted by Crippen LogP contribution is 1.73. The Bertz CT molecular complexity index is 134. The Morgan fingerprint density at radius 3 is 2.64 bits per heavy atom. The number of carbonyl (C=O) groups is 1. The summed E-state index contributed by atoms with van der Waals surface area (Å²) in [5, 5.41) is 0. The van der Waals surface area contributed by atoms with Gasteiger partial charge in [0.15, 0.2) is 0 Å². The van der Waals surface area contributed by atoms with Crippen LogP contribution in [0.15, 0.2) is 4.99 Å². The van der Waals surface area contributed by atoms with Gasteiger partial charge in [-0.1, -0.05) is 0 Å². The molecule has 0 fully saturated rings. The third-order valence-corrected chi connectivity index (χ3v) is 1.60. The molecular formula is C8H17N2O+. The highest BCUT2D eigenvalue weighted by Gasteiger charge is 2.01. The molecule has 1 unspecified atom stereocenters. The van der Waals surface area contributed by atoms with Crippen molar-refractivity contribution in [2.75, 3.05) is 26.7 Å². The van der Waals surface area contributed by atoms with Crippen molar-refractivity contribution in [1.29, 1.82) is 0 Å². The number of quaternary nitrogens is 1. The summed E-state index contributed by atoms with van der Waals surface area (Å²) in [6.07, 6.45) is 0.670. The van der Waals surface area contributed by atoms with E-state index in [1.54, 1.807) is 6.92 Å². The molecule has 0 spiro atoms. The minimum absolute atomic E-state index is 0.260. The topological polar surface area (TPSA) is 33.9 Å². The number of Topliss-reactive ketones (excluding diaryl/α,β-unsaturated/α-hetero) is 1. The number of hydrogen-bond acceptors (Lipinski definition) is 2. The average Bonchev–Trinajstić information content (AvgIpc) is 1.97. The van der Waals surface area contributed by atoms with Crippen molar-refractivity contribution in [3.8, 4) is 0 Å². The van der Waals surface area contributed by atoms with Gasteiger partial charge >= 0.3 is 0 Å². The van der Waals surface area contributed by atoms with E-state index in [1.807, 2.05) is 0 Å². The smallest absolute Gasteiger partial charge is 0.135 e. The second-order valence-electron chi connectivity index (χ2n) is 2.86. The van der Waals surface area contributed by atoms with E-state index in [2.05, 4.69) is 18.8 Å². The van der Waals surface area contributed by atoms with E-state index in [0.717, 1.165) is 19.6 Å². The van der Waals surface area contributed by atoms with Crippen LogP contribution >= 0.6 is 0 Å². The van der Waals surface area contributed by atoms with E-state index in [1.165, 1.54) is 4.90 Å². The van der Waals surface area contributed by atoms with Crippen LogP contribution in [0.2, 0.25) is 0 Å². The molecule has 0 radical (unpaired) electrons. The molecule has 1 N–H and O–H groups in total. The average molecular weight is 157 g/mol. The molecule has 0 saturated heterocycles. The number of ketones is 1. The molecule has 0 amide bonds. The lowest BCUT2D eigenvalue weighted by molar-refractivity contribution is -0.877. The minimum Gasteiger partial charge on any atom is -0.335 e. The summed E-state index contributed by atoms with van der Waals surface area (Å²) in [6, 6.07) is 0. The Morgan fingerprint density at radius 2 is 2.18 bits per heavy atom. The minimum atomic E-state index is 0.260. The maximum atomic E-state index is 10.6. The van der Waals surface area contributed by atoms with Crippen LogP contribution < -0.4 is 4.90 Å². The fourth-order valence-electron chi connectivity index (χ4n) is 0.784. The van der Waals surface area contributed by atoms with Gasteiger partial charge in [0.1, 0.15) is 5.78 Å². The molecule has 3 heteroatoms. The molecule has 3 nitrogen and oxygen atoms in total. The summed E-state index contributed by atoms with van der Waals surface area (Å²) in [4.78, 5) is 15.7. The van der Waals surface area contributed by atoms with Gasteiger partial charge in [-0.25, -0.2) is 0 Å². The zero-order valence-corrected chi connectivity index (χ0v) is 7.39. The second-order valence-corrected chi connectivity index (χ2v) is 2.86. The van der Waals surface area contributed by atoms with Crippen LogP contribution in [0.5, 0.6) is 0 Å². The molecule has 0 rings (SSSR count). The first-order valence-electron chi connectivity index (χ1n) is 3.90. The number of rotatable bonds is 6. The van der Waals surface area contributed by atoms with Crippen LogP contribution in [0.4, 0.5) is 0 Å². The zero-order valence-electron chi connectivity index (χ0n) is 7.39. The fraction of sp³-hybridized carbons (Fsp3) is 0.750. The van der Waals surface area contributed by atoms with E-state index >= 15 is 0 Å². The summed E-state index contributed by atoms with van der Waals surface area (Å²) in [6.45, 7) is 7.68. The van der Waals surface area contributed by atoms with Gasteiger partial charge in [0.25, 0.3) is 0 Å². The molecule has 0 aliphatic carbocycles. The SMILES string of the molecule is C=NCC[NH+](C)CCC(C)=O. The van der Waals surface area contributed by atoms with Crippen molar-refractivity contribution in [2.45, 2.75) is 13.3 Å². The largest absolute Gasteiger partial charge is 0.335 e. The molecule has 0 aromatic heterocycles. The molecule has 0 aliphatic rings. The molecule has 0 aromatic carbocycles. The van der Waals surface area contributed by atoms with Crippen molar-refractivity contribution in [2.24, 2.45) is 4.99 Å². The standard InChI is InChI=1S/C8H16N2O/c1-8(11)4-6-10(3)7-5-9-2/h2,4-7H2,1,3H3/p+1. The lowest BCUT2D eigenvalue weighted by Crippen LogP contribution is -3.09. The van der Waals surface area contributed by atoms with Gasteiger partial charge in [-0.15, -0.1) is 0 Å². The summed E-state index contributed by atoms with van der Waals surface area (Å²) < 4.78 is 0. The van der Waals surface area contributed by atoms with Crippen molar-refractivity contribution in [1.82, 2.24) is 0 Å². The maximum absolute atomic E-state index is 10.6. The maximum Gasteiger partial charge on any atom is 0.135 e. The Morgan fingerprint density at radius 1 is 1.55 bits per heavy atom. The van der Waals surface area contributed by atoms with Crippen LogP contribution in [0, 0.1) is 0 Å². The lowest BCUT2D eigenvalue weighted by atomic mass is 10.3. The Hall–Kier alpha value is -0.700. The molecule has 11 heavy (non-hydrogen) atoms. The Kier molecular flexibility index (Phi) is 5.65. The number of nitrogens with one attached hydrogen (secondary N) is 1. The zero-order chi connectivity index (χ0) is 8.69. The van der Waals surface area contributed by atoms with Gasteiger partial charge < -0.3 is 4.90 Å². The van der Waals surface area contributed by atoms with Gasteiger partial charge in [0, 0.05) is 0 Å². The van der Waals surface area contributed by atoms with E-state index in [9.17, 15) is 4.79 Å². The van der Waals surface area contributed by atoms with Crippen molar-refractivity contribution >= 4 is 12.5 Å². The second kappa shape index (κ2) is 6.04. The van der Waals surface area contributed by atoms with E-state index in [4.69, 9.17) is 0 Å². The van der Waals surface area contributed by atoms with Crippen LogP contribution in [0.1, 0.15) is 13.3 Å². The van der Waals surface area contributed by atoms with Gasteiger partial charge in [-0.05, 0) is 13.6 Å². The monoisotopic (exact) mass is 157 g/mol.